The van der Waals surface area contributed by atoms with Gasteiger partial charge < -0.3 is 15.0 Å². The summed E-state index contributed by atoms with van der Waals surface area (Å²) in [5.41, 5.74) is 1.19. The third-order valence-corrected chi connectivity index (χ3v) is 4.18. The van der Waals surface area contributed by atoms with E-state index in [0.717, 1.165) is 24.8 Å². The molecule has 1 amide bonds. The summed E-state index contributed by atoms with van der Waals surface area (Å²) in [6.45, 7) is 2.37. The van der Waals surface area contributed by atoms with Crippen LogP contribution in [0.25, 0.3) is 10.9 Å². The first kappa shape index (κ1) is 14.1. The molecule has 1 fully saturated rings. The van der Waals surface area contributed by atoms with Crippen LogP contribution in [0, 0.1) is 5.82 Å². The van der Waals surface area contributed by atoms with Gasteiger partial charge >= 0.3 is 0 Å². The van der Waals surface area contributed by atoms with Crippen molar-refractivity contribution in [3.63, 3.8) is 0 Å². The Bertz CT molecular complexity index is 665. The number of nitrogens with zero attached hydrogens (tertiary/aromatic N) is 1. The minimum atomic E-state index is -0.545. The van der Waals surface area contributed by atoms with E-state index in [1.807, 2.05) is 0 Å². The number of carbonyl (C=O) groups is 1. The summed E-state index contributed by atoms with van der Waals surface area (Å²) in [6.07, 6.45) is 2.25. The maximum absolute atomic E-state index is 13.2. The van der Waals surface area contributed by atoms with E-state index in [9.17, 15) is 14.3 Å². The van der Waals surface area contributed by atoms with E-state index >= 15 is 0 Å². The Morgan fingerprint density at radius 3 is 3.00 bits per heavy atom. The molecule has 2 unspecified atom stereocenters. The molecule has 0 aliphatic carbocycles. The second kappa shape index (κ2) is 5.48. The number of rotatable bonds is 2. The minimum Gasteiger partial charge on any atom is -0.391 e. The van der Waals surface area contributed by atoms with Crippen molar-refractivity contribution in [2.45, 2.75) is 38.3 Å². The molecule has 4 nitrogen and oxygen atoms in total. The molecule has 1 aliphatic rings. The van der Waals surface area contributed by atoms with Gasteiger partial charge in [-0.3, -0.25) is 4.79 Å². The van der Waals surface area contributed by atoms with Gasteiger partial charge in [0.05, 0.1) is 12.1 Å². The zero-order valence-corrected chi connectivity index (χ0v) is 12.0. The number of aromatic amines is 1. The molecule has 2 atom stereocenters. The lowest BCUT2D eigenvalue weighted by molar-refractivity contribution is 0.0277. The molecule has 3 rings (SSSR count). The van der Waals surface area contributed by atoms with Crippen molar-refractivity contribution in [1.29, 1.82) is 0 Å². The maximum atomic E-state index is 13.2. The molecule has 2 heterocycles. The molecule has 1 saturated heterocycles. The minimum absolute atomic E-state index is 0.128. The van der Waals surface area contributed by atoms with E-state index in [2.05, 4.69) is 4.98 Å². The number of amides is 1. The van der Waals surface area contributed by atoms with E-state index in [1.54, 1.807) is 24.0 Å². The molecule has 1 aromatic heterocycles. The van der Waals surface area contributed by atoms with Crippen LogP contribution < -0.4 is 0 Å². The van der Waals surface area contributed by atoms with E-state index < -0.39 is 6.10 Å². The van der Waals surface area contributed by atoms with Crippen molar-refractivity contribution in [2.75, 3.05) is 6.54 Å². The van der Waals surface area contributed by atoms with Gasteiger partial charge in [0.1, 0.15) is 11.5 Å². The van der Waals surface area contributed by atoms with Crippen molar-refractivity contribution >= 4 is 16.8 Å². The first-order valence-electron chi connectivity index (χ1n) is 7.33. The van der Waals surface area contributed by atoms with Crippen molar-refractivity contribution < 1.29 is 14.3 Å². The zero-order valence-electron chi connectivity index (χ0n) is 12.0. The second-order valence-corrected chi connectivity index (χ2v) is 5.72. The maximum Gasteiger partial charge on any atom is 0.270 e. The fourth-order valence-electron chi connectivity index (χ4n) is 3.08. The molecule has 5 heteroatoms. The lowest BCUT2D eigenvalue weighted by Crippen LogP contribution is -2.49. The van der Waals surface area contributed by atoms with Gasteiger partial charge in [-0.1, -0.05) is 0 Å². The average molecular weight is 290 g/mol. The van der Waals surface area contributed by atoms with Crippen LogP contribution in [0.1, 0.15) is 36.7 Å². The summed E-state index contributed by atoms with van der Waals surface area (Å²) in [5, 5.41) is 10.6. The number of hydrogen-bond acceptors (Lipinski definition) is 2. The second-order valence-electron chi connectivity index (χ2n) is 5.72. The van der Waals surface area contributed by atoms with Crippen LogP contribution in [0.2, 0.25) is 0 Å². The van der Waals surface area contributed by atoms with E-state index in [1.165, 1.54) is 12.1 Å². The first-order chi connectivity index (χ1) is 10.1. The van der Waals surface area contributed by atoms with Crippen LogP contribution in [0.15, 0.2) is 24.3 Å². The standard InChI is InChI=1S/C16H19FN2O2/c1-10(20)15-4-2-3-7-19(15)16(21)14-9-11-8-12(17)5-6-13(11)18-14/h5-6,8-10,15,18,20H,2-4,7H2,1H3. The van der Waals surface area contributed by atoms with Gasteiger partial charge in [-0.25, -0.2) is 4.39 Å². The van der Waals surface area contributed by atoms with Crippen LogP contribution in [0.5, 0.6) is 0 Å². The Balaban J connectivity index is 1.91. The van der Waals surface area contributed by atoms with Gasteiger partial charge in [0.15, 0.2) is 0 Å². The molecule has 1 aromatic carbocycles. The number of piperidine rings is 1. The van der Waals surface area contributed by atoms with E-state index in [4.69, 9.17) is 0 Å². The Morgan fingerprint density at radius 1 is 1.43 bits per heavy atom. The van der Waals surface area contributed by atoms with Gasteiger partial charge in [0.2, 0.25) is 0 Å². The Morgan fingerprint density at radius 2 is 2.24 bits per heavy atom. The highest BCUT2D eigenvalue weighted by molar-refractivity contribution is 5.98. The molecule has 0 radical (unpaired) electrons. The fraction of sp³-hybridized carbons (Fsp3) is 0.438. The molecule has 0 saturated carbocycles. The lowest BCUT2D eigenvalue weighted by atomic mass is 9.98. The van der Waals surface area contributed by atoms with Crippen molar-refractivity contribution in [3.05, 3.63) is 35.8 Å². The molecule has 0 spiro atoms. The number of nitrogens with one attached hydrogen (secondary N) is 1. The number of likely N-dealkylation sites (tertiary alicyclic amines) is 1. The van der Waals surface area contributed by atoms with Crippen LogP contribution in [0.3, 0.4) is 0 Å². The van der Waals surface area contributed by atoms with Gasteiger partial charge in [-0.15, -0.1) is 0 Å². The molecular weight excluding hydrogens is 271 g/mol. The zero-order chi connectivity index (χ0) is 15.0. The summed E-state index contributed by atoms with van der Waals surface area (Å²) < 4.78 is 13.2. The van der Waals surface area contributed by atoms with Crippen LogP contribution >= 0.6 is 0 Å². The van der Waals surface area contributed by atoms with Gasteiger partial charge in [-0.05, 0) is 50.5 Å². The van der Waals surface area contributed by atoms with Gasteiger partial charge in [-0.2, -0.15) is 0 Å². The summed E-state index contributed by atoms with van der Waals surface area (Å²) in [7, 11) is 0. The predicted octanol–water partition coefficient (Wildman–Crippen LogP) is 2.68. The Labute approximate surface area is 122 Å². The lowest BCUT2D eigenvalue weighted by Gasteiger charge is -2.37. The van der Waals surface area contributed by atoms with Crippen LogP contribution in [0.4, 0.5) is 4.39 Å². The first-order valence-corrected chi connectivity index (χ1v) is 7.33. The van der Waals surface area contributed by atoms with E-state index in [-0.39, 0.29) is 17.8 Å². The van der Waals surface area contributed by atoms with Crippen LogP contribution in [-0.2, 0) is 0 Å². The molecular formula is C16H19FN2O2. The quantitative estimate of drug-likeness (QED) is 0.893. The number of H-pyrrole nitrogens is 1. The SMILES string of the molecule is CC(O)C1CCCCN1C(=O)c1cc2cc(F)ccc2[nH]1. The number of halogens is 1. The molecule has 0 bridgehead atoms. The van der Waals surface area contributed by atoms with Crippen molar-refractivity contribution in [1.82, 2.24) is 9.88 Å². The van der Waals surface area contributed by atoms with Gasteiger partial charge in [0.25, 0.3) is 5.91 Å². The topological polar surface area (TPSA) is 56.3 Å². The predicted molar refractivity (Wildman–Crippen MR) is 78.6 cm³/mol. The summed E-state index contributed by atoms with van der Waals surface area (Å²) in [5.74, 6) is -0.447. The highest BCUT2D eigenvalue weighted by Crippen LogP contribution is 2.24. The third-order valence-electron chi connectivity index (χ3n) is 4.18. The third kappa shape index (κ3) is 2.65. The average Bonchev–Trinajstić information content (AvgIpc) is 2.89. The fourth-order valence-corrected chi connectivity index (χ4v) is 3.08. The smallest absolute Gasteiger partial charge is 0.270 e. The van der Waals surface area contributed by atoms with Crippen molar-refractivity contribution in [2.24, 2.45) is 0 Å². The van der Waals surface area contributed by atoms with Crippen LogP contribution in [-0.4, -0.2) is 39.6 Å². The number of aromatic nitrogens is 1. The highest BCUT2D eigenvalue weighted by Gasteiger charge is 2.31. The number of aliphatic hydroxyl groups is 1. The molecule has 1 aliphatic heterocycles. The molecule has 2 aromatic rings. The number of aliphatic hydroxyl groups excluding tert-OH is 1. The summed E-state index contributed by atoms with van der Waals surface area (Å²) >= 11 is 0. The normalized spacial score (nSPS) is 20.7. The number of carbonyl (C=O) groups excluding carboxylic acids is 1. The Kier molecular flexibility index (Phi) is 3.68. The molecule has 112 valence electrons. The summed E-state index contributed by atoms with van der Waals surface area (Å²) in [4.78, 5) is 17.4. The van der Waals surface area contributed by atoms with E-state index in [0.29, 0.717) is 17.6 Å². The molecule has 21 heavy (non-hydrogen) atoms. The summed E-state index contributed by atoms with van der Waals surface area (Å²) in [6, 6.07) is 5.94. The number of benzene rings is 1. The Hall–Kier alpha value is -1.88. The monoisotopic (exact) mass is 290 g/mol. The van der Waals surface area contributed by atoms with Gasteiger partial charge in [0, 0.05) is 17.4 Å². The highest BCUT2D eigenvalue weighted by atomic mass is 19.1. The molecule has 2 N–H and O–H groups in total. The van der Waals surface area contributed by atoms with Crippen molar-refractivity contribution in [3.8, 4) is 0 Å². The largest absolute Gasteiger partial charge is 0.391 e. The number of hydrogen-bond donors (Lipinski definition) is 2. The number of fused-ring (bicyclic) bond motifs is 1.